The van der Waals surface area contributed by atoms with E-state index >= 15 is 0 Å². The molecule has 0 aliphatic heterocycles. The maximum absolute atomic E-state index is 12.3. The molecule has 2 nitrogen and oxygen atoms in total. The second kappa shape index (κ2) is 6.29. The second-order valence-electron chi connectivity index (χ2n) is 4.59. The number of halogens is 1. The third kappa shape index (κ3) is 3.43. The van der Waals surface area contributed by atoms with Crippen LogP contribution in [-0.2, 0) is 0 Å². The molecule has 0 N–H and O–H groups in total. The van der Waals surface area contributed by atoms with E-state index in [-0.39, 0.29) is 5.78 Å². The van der Waals surface area contributed by atoms with Gasteiger partial charge < -0.3 is 0 Å². The molecule has 0 bridgehead atoms. The number of hydrogen-bond donors (Lipinski definition) is 0. The van der Waals surface area contributed by atoms with Gasteiger partial charge in [0, 0.05) is 27.1 Å². The highest BCUT2D eigenvalue weighted by Gasteiger charge is 2.08. The van der Waals surface area contributed by atoms with Crippen molar-refractivity contribution < 1.29 is 4.79 Å². The monoisotopic (exact) mass is 313 g/mol. The van der Waals surface area contributed by atoms with Crippen LogP contribution in [0.5, 0.6) is 0 Å². The Morgan fingerprint density at radius 1 is 1.10 bits per heavy atom. The van der Waals surface area contributed by atoms with Crippen molar-refractivity contribution >= 4 is 40.0 Å². The number of Topliss-reactive ketones (excluding diaryl/α,β-unsaturated/α-hetero) is 1. The molecule has 21 heavy (non-hydrogen) atoms. The standard InChI is InChI=1S/C17H12ClNOS/c18-14-5-3-6-15(9-14)21-11-17(20)13-8-12-4-1-2-7-16(12)19-10-13/h1-10H,11H2. The molecule has 0 atom stereocenters. The van der Waals surface area contributed by atoms with Gasteiger partial charge in [0.15, 0.2) is 5.78 Å². The predicted octanol–water partition coefficient (Wildman–Crippen LogP) is 4.86. The summed E-state index contributed by atoms with van der Waals surface area (Å²) in [5, 5.41) is 1.66. The highest BCUT2D eigenvalue weighted by atomic mass is 35.5. The normalized spacial score (nSPS) is 10.7. The molecule has 0 saturated heterocycles. The van der Waals surface area contributed by atoms with E-state index in [9.17, 15) is 4.79 Å². The minimum Gasteiger partial charge on any atom is -0.293 e. The molecular weight excluding hydrogens is 302 g/mol. The van der Waals surface area contributed by atoms with Crippen LogP contribution < -0.4 is 0 Å². The number of fused-ring (bicyclic) bond motifs is 1. The van der Waals surface area contributed by atoms with Gasteiger partial charge in [0.25, 0.3) is 0 Å². The van der Waals surface area contributed by atoms with Crippen molar-refractivity contribution in [3.63, 3.8) is 0 Å². The largest absolute Gasteiger partial charge is 0.293 e. The van der Waals surface area contributed by atoms with E-state index in [1.165, 1.54) is 11.8 Å². The van der Waals surface area contributed by atoms with Crippen LogP contribution in [0.15, 0.2) is 65.7 Å². The van der Waals surface area contributed by atoms with Crippen LogP contribution >= 0.6 is 23.4 Å². The maximum atomic E-state index is 12.3. The Morgan fingerprint density at radius 2 is 1.95 bits per heavy atom. The lowest BCUT2D eigenvalue weighted by molar-refractivity contribution is 0.102. The molecule has 0 spiro atoms. The lowest BCUT2D eigenvalue weighted by Crippen LogP contribution is -2.03. The van der Waals surface area contributed by atoms with E-state index in [1.807, 2.05) is 54.6 Å². The maximum Gasteiger partial charge on any atom is 0.174 e. The van der Waals surface area contributed by atoms with Crippen LogP contribution in [0.2, 0.25) is 5.02 Å². The summed E-state index contributed by atoms with van der Waals surface area (Å²) in [7, 11) is 0. The Labute approximate surface area is 132 Å². The minimum absolute atomic E-state index is 0.0678. The van der Waals surface area contributed by atoms with E-state index < -0.39 is 0 Å². The molecule has 0 saturated carbocycles. The molecule has 3 rings (SSSR count). The van der Waals surface area contributed by atoms with Crippen molar-refractivity contribution in [3.8, 4) is 0 Å². The van der Waals surface area contributed by atoms with Crippen LogP contribution in [0, 0.1) is 0 Å². The van der Waals surface area contributed by atoms with Gasteiger partial charge in [-0.15, -0.1) is 11.8 Å². The summed E-state index contributed by atoms with van der Waals surface area (Å²) in [5.74, 6) is 0.443. The number of nitrogens with zero attached hydrogens (tertiary/aromatic N) is 1. The summed E-state index contributed by atoms with van der Waals surface area (Å²) in [6, 6.07) is 17.2. The number of pyridine rings is 1. The van der Waals surface area contributed by atoms with Crippen molar-refractivity contribution in [1.29, 1.82) is 0 Å². The molecule has 1 aromatic heterocycles. The molecule has 3 aromatic rings. The quantitative estimate of drug-likeness (QED) is 0.509. The second-order valence-corrected chi connectivity index (χ2v) is 6.07. The molecule has 0 amide bonds. The Kier molecular flexibility index (Phi) is 4.23. The molecule has 0 fully saturated rings. The average Bonchev–Trinajstić information content (AvgIpc) is 2.52. The molecule has 1 heterocycles. The number of carbonyl (C=O) groups excluding carboxylic acids is 1. The minimum atomic E-state index is 0.0678. The highest BCUT2D eigenvalue weighted by Crippen LogP contribution is 2.23. The van der Waals surface area contributed by atoms with Crippen molar-refractivity contribution in [3.05, 3.63) is 71.4 Å². The van der Waals surface area contributed by atoms with Crippen LogP contribution in [0.25, 0.3) is 10.9 Å². The number of ketones is 1. The van der Waals surface area contributed by atoms with Crippen LogP contribution in [0.4, 0.5) is 0 Å². The molecular formula is C17H12ClNOS. The summed E-state index contributed by atoms with van der Waals surface area (Å²) in [6.07, 6.45) is 1.64. The summed E-state index contributed by atoms with van der Waals surface area (Å²) in [4.78, 5) is 17.6. The lowest BCUT2D eigenvalue weighted by Gasteiger charge is -2.03. The zero-order valence-corrected chi connectivity index (χ0v) is 12.7. The molecule has 2 aromatic carbocycles. The zero-order valence-electron chi connectivity index (χ0n) is 11.1. The van der Waals surface area contributed by atoms with Crippen molar-refractivity contribution in [2.45, 2.75) is 4.90 Å². The highest BCUT2D eigenvalue weighted by molar-refractivity contribution is 8.00. The van der Waals surface area contributed by atoms with Crippen LogP contribution in [0.1, 0.15) is 10.4 Å². The number of aromatic nitrogens is 1. The molecule has 0 radical (unpaired) electrons. The number of para-hydroxylation sites is 1. The Hall–Kier alpha value is -1.84. The van der Waals surface area contributed by atoms with Gasteiger partial charge in [0.05, 0.1) is 11.3 Å². The molecule has 0 aliphatic carbocycles. The number of carbonyl (C=O) groups is 1. The average molecular weight is 314 g/mol. The van der Waals surface area contributed by atoms with E-state index in [0.29, 0.717) is 16.3 Å². The van der Waals surface area contributed by atoms with Gasteiger partial charge in [-0.3, -0.25) is 9.78 Å². The summed E-state index contributed by atoms with van der Waals surface area (Å²) in [5.41, 5.74) is 1.54. The van der Waals surface area contributed by atoms with Gasteiger partial charge in [-0.25, -0.2) is 0 Å². The van der Waals surface area contributed by atoms with Gasteiger partial charge in [0.2, 0.25) is 0 Å². The fraction of sp³-hybridized carbons (Fsp3) is 0.0588. The van der Waals surface area contributed by atoms with Gasteiger partial charge in [0.1, 0.15) is 0 Å². The SMILES string of the molecule is O=C(CSc1cccc(Cl)c1)c1cnc2ccccc2c1. The van der Waals surface area contributed by atoms with Gasteiger partial charge >= 0.3 is 0 Å². The number of rotatable bonds is 4. The topological polar surface area (TPSA) is 30.0 Å². The molecule has 0 aliphatic rings. The number of hydrogen-bond acceptors (Lipinski definition) is 3. The van der Waals surface area contributed by atoms with Gasteiger partial charge in [-0.2, -0.15) is 0 Å². The van der Waals surface area contributed by atoms with E-state index in [4.69, 9.17) is 11.6 Å². The van der Waals surface area contributed by atoms with Crippen LogP contribution in [-0.4, -0.2) is 16.5 Å². The smallest absolute Gasteiger partial charge is 0.174 e. The third-order valence-corrected chi connectivity index (χ3v) is 4.31. The first-order chi connectivity index (χ1) is 10.2. The fourth-order valence-electron chi connectivity index (χ4n) is 2.01. The molecule has 4 heteroatoms. The first-order valence-corrected chi connectivity index (χ1v) is 7.85. The third-order valence-electron chi connectivity index (χ3n) is 3.08. The van der Waals surface area contributed by atoms with Crippen LogP contribution in [0.3, 0.4) is 0 Å². The van der Waals surface area contributed by atoms with Gasteiger partial charge in [-0.1, -0.05) is 35.9 Å². The Balaban J connectivity index is 1.74. The first-order valence-electron chi connectivity index (χ1n) is 6.49. The summed E-state index contributed by atoms with van der Waals surface area (Å²) >= 11 is 7.42. The lowest BCUT2D eigenvalue weighted by atomic mass is 10.1. The zero-order chi connectivity index (χ0) is 14.7. The first kappa shape index (κ1) is 14.1. The Morgan fingerprint density at radius 3 is 2.81 bits per heavy atom. The fourth-order valence-corrected chi connectivity index (χ4v) is 3.12. The van der Waals surface area contributed by atoms with E-state index in [1.54, 1.807) is 6.20 Å². The van der Waals surface area contributed by atoms with Crippen molar-refractivity contribution in [2.75, 3.05) is 5.75 Å². The summed E-state index contributed by atoms with van der Waals surface area (Å²) in [6.45, 7) is 0. The number of benzene rings is 2. The van der Waals surface area contributed by atoms with E-state index in [0.717, 1.165) is 15.8 Å². The van der Waals surface area contributed by atoms with Crippen molar-refractivity contribution in [2.24, 2.45) is 0 Å². The Bertz CT molecular complexity index is 803. The molecule has 104 valence electrons. The molecule has 0 unspecified atom stereocenters. The number of thioether (sulfide) groups is 1. The summed E-state index contributed by atoms with van der Waals surface area (Å²) < 4.78 is 0. The predicted molar refractivity (Wildman–Crippen MR) is 88.2 cm³/mol. The van der Waals surface area contributed by atoms with Crippen molar-refractivity contribution in [1.82, 2.24) is 4.98 Å². The van der Waals surface area contributed by atoms with E-state index in [2.05, 4.69) is 4.98 Å². The van der Waals surface area contributed by atoms with Gasteiger partial charge in [-0.05, 0) is 30.3 Å².